The van der Waals surface area contributed by atoms with Crippen LogP contribution in [0.1, 0.15) is 32.3 Å². The van der Waals surface area contributed by atoms with Gasteiger partial charge in [-0.15, -0.1) is 0 Å². The molecule has 2 aromatic rings. The van der Waals surface area contributed by atoms with Crippen molar-refractivity contribution < 1.29 is 4.39 Å². The van der Waals surface area contributed by atoms with E-state index in [1.54, 1.807) is 6.07 Å². The molecule has 0 spiro atoms. The lowest BCUT2D eigenvalue weighted by Crippen LogP contribution is -2.09. The summed E-state index contributed by atoms with van der Waals surface area (Å²) < 4.78 is 13.2. The lowest BCUT2D eigenvalue weighted by Gasteiger charge is -2.17. The van der Waals surface area contributed by atoms with E-state index in [1.807, 2.05) is 13.0 Å². The Morgan fingerprint density at radius 1 is 1.20 bits per heavy atom. The molecule has 4 nitrogen and oxygen atoms in total. The Bertz CT molecular complexity index is 584. The highest BCUT2D eigenvalue weighted by Gasteiger charge is 2.14. The van der Waals surface area contributed by atoms with Crippen LogP contribution in [0.3, 0.4) is 0 Å². The minimum Gasteiger partial charge on any atom is -0.370 e. The molecule has 0 radical (unpaired) electrons. The normalized spacial score (nSPS) is 10.7. The zero-order valence-electron chi connectivity index (χ0n) is 11.9. The Kier molecular flexibility index (Phi) is 4.50. The van der Waals surface area contributed by atoms with E-state index >= 15 is 0 Å². The van der Waals surface area contributed by atoms with Gasteiger partial charge in [0.05, 0.1) is 0 Å². The lowest BCUT2D eigenvalue weighted by atomic mass is 10.0. The summed E-state index contributed by atoms with van der Waals surface area (Å²) in [5, 5.41) is 6.39. The van der Waals surface area contributed by atoms with Crippen molar-refractivity contribution in [3.8, 4) is 0 Å². The summed E-state index contributed by atoms with van der Waals surface area (Å²) >= 11 is 0. The fourth-order valence-electron chi connectivity index (χ4n) is 2.05. The van der Waals surface area contributed by atoms with Gasteiger partial charge >= 0.3 is 0 Å². The van der Waals surface area contributed by atoms with Crippen LogP contribution in [-0.2, 0) is 0 Å². The highest BCUT2D eigenvalue weighted by atomic mass is 19.1. The third-order valence-corrected chi connectivity index (χ3v) is 2.89. The zero-order valence-corrected chi connectivity index (χ0v) is 11.9. The summed E-state index contributed by atoms with van der Waals surface area (Å²) in [6.45, 7) is 6.97. The van der Waals surface area contributed by atoms with Gasteiger partial charge in [0.1, 0.15) is 23.8 Å². The van der Waals surface area contributed by atoms with Gasteiger partial charge in [0.15, 0.2) is 0 Å². The van der Waals surface area contributed by atoms with Gasteiger partial charge in [0, 0.05) is 17.8 Å². The fourth-order valence-corrected chi connectivity index (χ4v) is 2.05. The van der Waals surface area contributed by atoms with Crippen LogP contribution in [0.4, 0.5) is 21.7 Å². The summed E-state index contributed by atoms with van der Waals surface area (Å²) in [7, 11) is 0. The van der Waals surface area contributed by atoms with E-state index in [2.05, 4.69) is 34.4 Å². The van der Waals surface area contributed by atoms with Gasteiger partial charge in [-0.3, -0.25) is 0 Å². The van der Waals surface area contributed by atoms with Crippen molar-refractivity contribution in [1.82, 2.24) is 9.97 Å². The van der Waals surface area contributed by atoms with Crippen LogP contribution in [0.2, 0.25) is 0 Å². The van der Waals surface area contributed by atoms with Crippen LogP contribution in [0.5, 0.6) is 0 Å². The minimum atomic E-state index is -0.276. The fraction of sp³-hybridized carbons (Fsp3) is 0.333. The van der Waals surface area contributed by atoms with Crippen molar-refractivity contribution in [2.75, 3.05) is 17.2 Å². The first-order valence-corrected chi connectivity index (χ1v) is 6.73. The highest BCUT2D eigenvalue weighted by molar-refractivity contribution is 5.65. The molecule has 1 heterocycles. The molecule has 0 aliphatic heterocycles. The third kappa shape index (κ3) is 3.23. The van der Waals surface area contributed by atoms with Crippen molar-refractivity contribution in [3.63, 3.8) is 0 Å². The average molecular weight is 274 g/mol. The highest BCUT2D eigenvalue weighted by Crippen LogP contribution is 2.30. The average Bonchev–Trinajstić information content (AvgIpc) is 2.39. The van der Waals surface area contributed by atoms with E-state index in [0.29, 0.717) is 11.5 Å². The number of hydrogen-bond donors (Lipinski definition) is 2. The number of nitrogens with one attached hydrogen (secondary N) is 2. The Morgan fingerprint density at radius 3 is 2.60 bits per heavy atom. The van der Waals surface area contributed by atoms with Gasteiger partial charge in [-0.05, 0) is 31.0 Å². The van der Waals surface area contributed by atoms with Crippen molar-refractivity contribution in [2.24, 2.45) is 0 Å². The quantitative estimate of drug-likeness (QED) is 0.867. The first-order chi connectivity index (χ1) is 9.61. The van der Waals surface area contributed by atoms with Crippen molar-refractivity contribution in [1.29, 1.82) is 0 Å². The topological polar surface area (TPSA) is 49.8 Å². The second-order valence-electron chi connectivity index (χ2n) is 4.80. The van der Waals surface area contributed by atoms with E-state index in [4.69, 9.17) is 0 Å². The molecular weight excluding hydrogens is 255 g/mol. The van der Waals surface area contributed by atoms with E-state index in [-0.39, 0.29) is 11.7 Å². The summed E-state index contributed by atoms with van der Waals surface area (Å²) in [6, 6.07) is 6.33. The Morgan fingerprint density at radius 2 is 1.95 bits per heavy atom. The van der Waals surface area contributed by atoms with Crippen molar-refractivity contribution >= 4 is 17.3 Å². The lowest BCUT2D eigenvalue weighted by molar-refractivity contribution is 0.628. The van der Waals surface area contributed by atoms with Crippen LogP contribution in [0, 0.1) is 5.82 Å². The monoisotopic (exact) mass is 274 g/mol. The largest absolute Gasteiger partial charge is 0.370 e. The van der Waals surface area contributed by atoms with Gasteiger partial charge in [-0.1, -0.05) is 19.9 Å². The molecule has 1 aromatic heterocycles. The number of rotatable bonds is 5. The van der Waals surface area contributed by atoms with E-state index in [9.17, 15) is 4.39 Å². The van der Waals surface area contributed by atoms with E-state index in [1.165, 1.54) is 18.5 Å². The molecule has 0 fully saturated rings. The number of nitrogens with zero attached hydrogens (tertiary/aromatic N) is 2. The molecule has 1 aromatic carbocycles. The van der Waals surface area contributed by atoms with Crippen LogP contribution in [0.15, 0.2) is 30.6 Å². The van der Waals surface area contributed by atoms with E-state index in [0.717, 1.165) is 17.9 Å². The van der Waals surface area contributed by atoms with Crippen LogP contribution < -0.4 is 10.6 Å². The Labute approximate surface area is 118 Å². The number of hydrogen-bond acceptors (Lipinski definition) is 4. The molecule has 20 heavy (non-hydrogen) atoms. The van der Waals surface area contributed by atoms with Gasteiger partial charge in [-0.25, -0.2) is 14.4 Å². The molecule has 0 aliphatic carbocycles. The minimum absolute atomic E-state index is 0.251. The smallest absolute Gasteiger partial charge is 0.139 e. The number of anilines is 3. The molecule has 0 unspecified atom stereocenters. The van der Waals surface area contributed by atoms with Gasteiger partial charge in [-0.2, -0.15) is 0 Å². The summed E-state index contributed by atoms with van der Waals surface area (Å²) in [4.78, 5) is 8.56. The summed E-state index contributed by atoms with van der Waals surface area (Å²) in [5.41, 5.74) is 1.67. The second kappa shape index (κ2) is 6.32. The van der Waals surface area contributed by atoms with Crippen LogP contribution in [0.25, 0.3) is 0 Å². The number of halogens is 1. The molecule has 0 saturated carbocycles. The Balaban J connectivity index is 2.38. The number of benzene rings is 1. The van der Waals surface area contributed by atoms with Gasteiger partial charge in [0.2, 0.25) is 0 Å². The van der Waals surface area contributed by atoms with Gasteiger partial charge in [0.25, 0.3) is 0 Å². The molecule has 0 aliphatic rings. The first kappa shape index (κ1) is 14.2. The molecule has 106 valence electrons. The SMILES string of the molecule is CCNc1ncnc(Nc2cccc(F)c2)c1C(C)C. The van der Waals surface area contributed by atoms with Crippen molar-refractivity contribution in [3.05, 3.63) is 42.0 Å². The van der Waals surface area contributed by atoms with Gasteiger partial charge < -0.3 is 10.6 Å². The maximum absolute atomic E-state index is 13.2. The molecule has 2 rings (SSSR count). The number of aromatic nitrogens is 2. The first-order valence-electron chi connectivity index (χ1n) is 6.73. The Hall–Kier alpha value is -2.17. The molecule has 0 amide bonds. The molecule has 0 bridgehead atoms. The van der Waals surface area contributed by atoms with Crippen LogP contribution >= 0.6 is 0 Å². The third-order valence-electron chi connectivity index (χ3n) is 2.89. The standard InChI is InChI=1S/C15H19FN4/c1-4-17-14-13(10(2)3)15(19-9-18-14)20-12-7-5-6-11(16)8-12/h5-10H,4H2,1-3H3,(H2,17,18,19,20). The maximum atomic E-state index is 13.2. The molecule has 0 saturated heterocycles. The molecule has 5 heteroatoms. The summed E-state index contributed by atoms with van der Waals surface area (Å²) in [5.74, 6) is 1.50. The predicted molar refractivity (Wildman–Crippen MR) is 80.0 cm³/mol. The molecular formula is C15H19FN4. The predicted octanol–water partition coefficient (Wildman–Crippen LogP) is 3.91. The maximum Gasteiger partial charge on any atom is 0.139 e. The van der Waals surface area contributed by atoms with Crippen LogP contribution in [-0.4, -0.2) is 16.5 Å². The molecule has 2 N–H and O–H groups in total. The summed E-state index contributed by atoms with van der Waals surface area (Å²) in [6.07, 6.45) is 1.51. The van der Waals surface area contributed by atoms with Crippen molar-refractivity contribution in [2.45, 2.75) is 26.7 Å². The van der Waals surface area contributed by atoms with E-state index < -0.39 is 0 Å². The second-order valence-corrected chi connectivity index (χ2v) is 4.80. The zero-order chi connectivity index (χ0) is 14.5. The molecule has 0 atom stereocenters.